The third kappa shape index (κ3) is 8.57. The molecule has 0 spiro atoms. The van der Waals surface area contributed by atoms with E-state index in [2.05, 4.69) is 45.5 Å². The van der Waals surface area contributed by atoms with E-state index in [1.165, 1.54) is 0 Å². The van der Waals surface area contributed by atoms with Crippen molar-refractivity contribution >= 4 is 105 Å². The fourth-order valence-electron chi connectivity index (χ4n) is 3.69. The molecule has 0 radical (unpaired) electrons. The predicted molar refractivity (Wildman–Crippen MR) is 192 cm³/mol. The summed E-state index contributed by atoms with van der Waals surface area (Å²) in [5, 5.41) is 24.7. The Balaban J connectivity index is 0.000000163. The van der Waals surface area contributed by atoms with Gasteiger partial charge in [0, 0.05) is 16.7 Å². The highest BCUT2D eigenvalue weighted by molar-refractivity contribution is 6.44. The van der Waals surface area contributed by atoms with Crippen LogP contribution in [-0.4, -0.2) is 45.5 Å². The second-order valence-corrected chi connectivity index (χ2v) is 11.4. The minimum absolute atomic E-state index is 0.0133. The SMILES string of the molecule is Nc1nnc(-c2cccc(Cl)c2Cl)c(N)n1.Nc1nnc(-c2cccc(Cl)c2Cl)c(N)n1.Nc1nnc(-c2cccc(Cl)c2Cl)c(N)n1. The first-order valence-corrected chi connectivity index (χ1v) is 15.1. The number of halogens is 6. The van der Waals surface area contributed by atoms with Crippen molar-refractivity contribution < 1.29 is 0 Å². The van der Waals surface area contributed by atoms with Crippen molar-refractivity contribution in [3.05, 3.63) is 84.7 Å². The molecule has 3 aromatic carbocycles. The minimum atomic E-state index is 0.0133. The summed E-state index contributed by atoms with van der Waals surface area (Å²) in [4.78, 5) is 11.4. The number of nitrogens with zero attached hydrogens (tertiary/aromatic N) is 9. The van der Waals surface area contributed by atoms with Gasteiger partial charge in [-0.1, -0.05) is 106 Å². The Hall–Kier alpha value is -4.77. The summed E-state index contributed by atoms with van der Waals surface area (Å²) in [6.07, 6.45) is 0. The Kier molecular flexibility index (Phi) is 11.9. The Morgan fingerprint density at radius 2 is 0.604 bits per heavy atom. The van der Waals surface area contributed by atoms with Gasteiger partial charge in [-0.25, -0.2) is 0 Å². The van der Waals surface area contributed by atoms with E-state index in [0.717, 1.165) is 0 Å². The summed E-state index contributed by atoms with van der Waals surface area (Å²) in [5.74, 6) is 0.531. The van der Waals surface area contributed by atoms with Crippen molar-refractivity contribution in [3.63, 3.8) is 0 Å². The van der Waals surface area contributed by atoms with E-state index < -0.39 is 0 Å². The highest BCUT2D eigenvalue weighted by Gasteiger charge is 2.15. The third-order valence-electron chi connectivity index (χ3n) is 5.81. The van der Waals surface area contributed by atoms with Gasteiger partial charge >= 0.3 is 0 Å². The van der Waals surface area contributed by atoms with Crippen LogP contribution < -0.4 is 34.4 Å². The highest BCUT2D eigenvalue weighted by Crippen LogP contribution is 2.36. The van der Waals surface area contributed by atoms with Crippen LogP contribution in [0.25, 0.3) is 33.8 Å². The van der Waals surface area contributed by atoms with E-state index in [1.807, 2.05) is 0 Å². The van der Waals surface area contributed by atoms with Crippen LogP contribution in [0.3, 0.4) is 0 Å². The summed E-state index contributed by atoms with van der Waals surface area (Å²) in [6.45, 7) is 0. The largest absolute Gasteiger partial charge is 0.382 e. The van der Waals surface area contributed by atoms with Gasteiger partial charge in [0.05, 0.1) is 30.1 Å². The van der Waals surface area contributed by atoms with E-state index in [1.54, 1.807) is 54.6 Å². The van der Waals surface area contributed by atoms with Crippen molar-refractivity contribution in [1.29, 1.82) is 0 Å². The maximum atomic E-state index is 6.03. The molecule has 0 saturated heterocycles. The zero-order valence-corrected chi connectivity index (χ0v) is 28.5. The van der Waals surface area contributed by atoms with E-state index in [0.29, 0.717) is 63.9 Å². The Morgan fingerprint density at radius 1 is 0.354 bits per heavy atom. The molecule has 0 atom stereocenters. The quantitative estimate of drug-likeness (QED) is 0.120. The molecule has 3 aromatic heterocycles. The van der Waals surface area contributed by atoms with Crippen molar-refractivity contribution in [1.82, 2.24) is 45.5 Å². The highest BCUT2D eigenvalue weighted by atomic mass is 35.5. The molecule has 0 fully saturated rings. The molecular formula is C27H21Cl6N15. The molecule has 0 aliphatic carbocycles. The molecule has 6 aromatic rings. The van der Waals surface area contributed by atoms with Crippen LogP contribution in [0.2, 0.25) is 30.1 Å². The van der Waals surface area contributed by atoms with Gasteiger partial charge in [0.15, 0.2) is 17.5 Å². The van der Waals surface area contributed by atoms with E-state index in [4.69, 9.17) is 104 Å². The predicted octanol–water partition coefficient (Wildman–Crippen LogP) is 6.03. The lowest BCUT2D eigenvalue weighted by Gasteiger charge is -2.06. The number of nitrogen functional groups attached to an aromatic ring is 6. The molecule has 48 heavy (non-hydrogen) atoms. The van der Waals surface area contributed by atoms with Crippen LogP contribution in [0.4, 0.5) is 35.3 Å². The molecule has 0 amide bonds. The van der Waals surface area contributed by atoms with Crippen molar-refractivity contribution in [2.45, 2.75) is 0 Å². The molecule has 0 unspecified atom stereocenters. The van der Waals surface area contributed by atoms with Crippen LogP contribution in [0, 0.1) is 0 Å². The smallest absolute Gasteiger partial charge is 0.242 e. The first-order valence-electron chi connectivity index (χ1n) is 12.9. The summed E-state index contributed by atoms with van der Waals surface area (Å²) in [6, 6.07) is 15.4. The second kappa shape index (κ2) is 15.9. The molecule has 3 heterocycles. The molecule has 0 aliphatic heterocycles. The summed E-state index contributed by atoms with van der Waals surface area (Å²) in [7, 11) is 0. The third-order valence-corrected chi connectivity index (χ3v) is 8.27. The van der Waals surface area contributed by atoms with E-state index in [-0.39, 0.29) is 35.3 Å². The fraction of sp³-hybridized carbons (Fsp3) is 0. The first kappa shape index (κ1) is 36.1. The molecular weight excluding hydrogens is 747 g/mol. The Bertz CT molecular complexity index is 1870. The fourth-order valence-corrected chi connectivity index (χ4v) is 4.86. The standard InChI is InChI=1S/3C9H7Cl2N5/c3*10-5-3-1-2-4(6(5)11)7-8(12)14-9(13)16-15-7/h3*1-3H,(H4,12,13,14,16). The average Bonchev–Trinajstić information content (AvgIpc) is 3.03. The first-order chi connectivity index (χ1) is 22.8. The van der Waals surface area contributed by atoms with Crippen molar-refractivity contribution in [2.75, 3.05) is 34.4 Å². The summed E-state index contributed by atoms with van der Waals surface area (Å²) in [5.41, 5.74) is 35.9. The van der Waals surface area contributed by atoms with Crippen LogP contribution in [-0.2, 0) is 0 Å². The number of hydrogen-bond acceptors (Lipinski definition) is 15. The maximum absolute atomic E-state index is 6.03. The van der Waals surface area contributed by atoms with Gasteiger partial charge in [0.2, 0.25) is 17.8 Å². The number of rotatable bonds is 3. The zero-order chi connectivity index (χ0) is 35.1. The van der Waals surface area contributed by atoms with Crippen LogP contribution in [0.15, 0.2) is 54.6 Å². The molecule has 12 N–H and O–H groups in total. The maximum Gasteiger partial charge on any atom is 0.242 e. The number of anilines is 6. The van der Waals surface area contributed by atoms with Gasteiger partial charge in [0.25, 0.3) is 0 Å². The van der Waals surface area contributed by atoms with Crippen LogP contribution in [0.5, 0.6) is 0 Å². The van der Waals surface area contributed by atoms with Crippen molar-refractivity contribution in [2.24, 2.45) is 0 Å². The lowest BCUT2D eigenvalue weighted by molar-refractivity contribution is 0.999. The molecule has 0 bridgehead atoms. The molecule has 246 valence electrons. The van der Waals surface area contributed by atoms with Gasteiger partial charge in [-0.2, -0.15) is 15.0 Å². The van der Waals surface area contributed by atoms with Crippen molar-refractivity contribution in [3.8, 4) is 33.8 Å². The molecule has 6 rings (SSSR count). The van der Waals surface area contributed by atoms with Crippen LogP contribution >= 0.6 is 69.6 Å². The van der Waals surface area contributed by atoms with E-state index >= 15 is 0 Å². The molecule has 21 heteroatoms. The monoisotopic (exact) mass is 765 g/mol. The molecule has 0 saturated carbocycles. The van der Waals surface area contributed by atoms with Gasteiger partial charge in [-0.15, -0.1) is 30.6 Å². The van der Waals surface area contributed by atoms with Crippen LogP contribution in [0.1, 0.15) is 0 Å². The second-order valence-electron chi connectivity index (χ2n) is 9.02. The van der Waals surface area contributed by atoms with Gasteiger partial charge in [0.1, 0.15) is 17.1 Å². The lowest BCUT2D eigenvalue weighted by atomic mass is 10.1. The number of hydrogen-bond donors (Lipinski definition) is 6. The topological polar surface area (TPSA) is 272 Å². The minimum Gasteiger partial charge on any atom is -0.382 e. The normalized spacial score (nSPS) is 10.4. The van der Waals surface area contributed by atoms with Gasteiger partial charge < -0.3 is 34.4 Å². The molecule has 0 aliphatic rings. The number of benzene rings is 3. The summed E-state index contributed by atoms with van der Waals surface area (Å²) < 4.78 is 0. The number of aromatic nitrogens is 9. The summed E-state index contributed by atoms with van der Waals surface area (Å²) >= 11 is 35.7. The van der Waals surface area contributed by atoms with Gasteiger partial charge in [-0.05, 0) is 18.2 Å². The lowest BCUT2D eigenvalue weighted by Crippen LogP contribution is -2.04. The zero-order valence-electron chi connectivity index (χ0n) is 24.0. The Labute approximate surface area is 301 Å². The van der Waals surface area contributed by atoms with Gasteiger partial charge in [-0.3, -0.25) is 0 Å². The number of nitrogens with two attached hydrogens (primary N) is 6. The Morgan fingerprint density at radius 3 is 0.833 bits per heavy atom. The molecule has 15 nitrogen and oxygen atoms in total. The van der Waals surface area contributed by atoms with E-state index in [9.17, 15) is 0 Å². The average molecular weight is 768 g/mol.